The van der Waals surface area contributed by atoms with Gasteiger partial charge in [-0.1, -0.05) is 53.1 Å². The van der Waals surface area contributed by atoms with Crippen LogP contribution >= 0.6 is 0 Å². The van der Waals surface area contributed by atoms with Gasteiger partial charge in [-0.25, -0.2) is 8.42 Å². The van der Waals surface area contributed by atoms with Gasteiger partial charge in [-0.2, -0.15) is 0 Å². The van der Waals surface area contributed by atoms with Crippen LogP contribution in [0.25, 0.3) is 0 Å². The predicted octanol–water partition coefficient (Wildman–Crippen LogP) is 4.46. The third-order valence-corrected chi connectivity index (χ3v) is 10.3. The van der Waals surface area contributed by atoms with Gasteiger partial charge in [0, 0.05) is 6.04 Å². The molecule has 4 aliphatic rings. The van der Waals surface area contributed by atoms with Crippen molar-refractivity contribution >= 4 is 15.6 Å². The first kappa shape index (κ1) is 18.5. The number of fused-ring (bicyclic) bond motifs is 3. The van der Waals surface area contributed by atoms with Gasteiger partial charge in [0.25, 0.3) is 0 Å². The number of hydrogen-bond acceptors (Lipinski definition) is 4. The van der Waals surface area contributed by atoms with Gasteiger partial charge in [-0.3, -0.25) is 9.69 Å². The Morgan fingerprint density at radius 1 is 1.00 bits per heavy atom. The standard InChI is InChI=1S/C25H25NO3S/c1-15-10-12-17(13-11-15)30(28,29)25-14-20-16(2)6-5-9-21(20)26-22(24(25)27)18-7-3-4-8-19(18)23(25)26/h3-4,7-8,10-13,21-23H,5-6,9,14H2,1-2H3/t21-,22?,23?,25?/m1/s1. The molecule has 3 aliphatic heterocycles. The summed E-state index contributed by atoms with van der Waals surface area (Å²) in [6.45, 7) is 4.07. The van der Waals surface area contributed by atoms with E-state index in [2.05, 4.69) is 11.8 Å². The van der Waals surface area contributed by atoms with Gasteiger partial charge >= 0.3 is 0 Å². The number of Topliss-reactive ketones (excluding diaryl/α,β-unsaturated/α-hetero) is 1. The van der Waals surface area contributed by atoms with Crippen molar-refractivity contribution in [1.29, 1.82) is 0 Å². The number of rotatable bonds is 2. The average Bonchev–Trinajstić information content (AvgIpc) is 3.17. The van der Waals surface area contributed by atoms with Gasteiger partial charge in [-0.05, 0) is 62.8 Å². The molecule has 0 radical (unpaired) electrons. The van der Waals surface area contributed by atoms with E-state index in [-0.39, 0.29) is 16.7 Å². The number of piperidine rings is 1. The molecule has 0 amide bonds. The fraction of sp³-hybridized carbons (Fsp3) is 0.400. The number of aryl methyl sites for hydroxylation is 1. The molecule has 5 heteroatoms. The molecule has 0 aromatic heterocycles. The largest absolute Gasteiger partial charge is 0.296 e. The lowest BCUT2D eigenvalue weighted by molar-refractivity contribution is -0.121. The lowest BCUT2D eigenvalue weighted by atomic mass is 9.73. The summed E-state index contributed by atoms with van der Waals surface area (Å²) in [6, 6.07) is 14.3. The first-order valence-electron chi connectivity index (χ1n) is 10.8. The van der Waals surface area contributed by atoms with Crippen LogP contribution in [0.1, 0.15) is 61.4 Å². The van der Waals surface area contributed by atoms with Crippen LogP contribution in [-0.4, -0.2) is 29.9 Å². The molecule has 6 rings (SSSR count). The van der Waals surface area contributed by atoms with E-state index >= 15 is 0 Å². The SMILES string of the molecule is CC1=C2CC3(S(=O)(=O)c4ccc(C)cc4)C(=O)C4c5ccccc5C3N4[C@@H]2CCC1. The molecule has 0 N–H and O–H groups in total. The molecule has 4 unspecified atom stereocenters. The van der Waals surface area contributed by atoms with Crippen LogP contribution in [0.5, 0.6) is 0 Å². The van der Waals surface area contributed by atoms with Gasteiger partial charge < -0.3 is 0 Å². The highest BCUT2D eigenvalue weighted by Gasteiger charge is 2.74. The second-order valence-corrected chi connectivity index (χ2v) is 11.5. The fourth-order valence-corrected chi connectivity index (χ4v) is 8.70. The quantitative estimate of drug-likeness (QED) is 0.675. The molecular formula is C25H25NO3S. The van der Waals surface area contributed by atoms with E-state index in [9.17, 15) is 13.2 Å². The Hall–Kier alpha value is -2.24. The van der Waals surface area contributed by atoms with Crippen LogP contribution in [0.3, 0.4) is 0 Å². The number of sulfone groups is 1. The fourth-order valence-electron chi connectivity index (χ4n) is 6.52. The molecule has 0 spiro atoms. The topological polar surface area (TPSA) is 54.5 Å². The Bertz CT molecular complexity index is 1230. The van der Waals surface area contributed by atoms with Crippen LogP contribution < -0.4 is 0 Å². The van der Waals surface area contributed by atoms with Gasteiger partial charge in [0.15, 0.2) is 20.4 Å². The lowest BCUT2D eigenvalue weighted by Gasteiger charge is -2.47. The predicted molar refractivity (Wildman–Crippen MR) is 115 cm³/mol. The molecule has 5 atom stereocenters. The van der Waals surface area contributed by atoms with Gasteiger partial charge in [0.2, 0.25) is 0 Å². The van der Waals surface area contributed by atoms with Crippen molar-refractivity contribution in [3.63, 3.8) is 0 Å². The number of hydrogen-bond donors (Lipinski definition) is 0. The lowest BCUT2D eigenvalue weighted by Crippen LogP contribution is -2.55. The zero-order valence-corrected chi connectivity index (χ0v) is 18.1. The normalized spacial score (nSPS) is 34.1. The Labute approximate surface area is 177 Å². The Morgan fingerprint density at radius 2 is 1.70 bits per heavy atom. The van der Waals surface area contributed by atoms with Crippen LogP contribution in [0.2, 0.25) is 0 Å². The van der Waals surface area contributed by atoms with Crippen LogP contribution in [0, 0.1) is 6.92 Å². The van der Waals surface area contributed by atoms with Gasteiger partial charge in [0.05, 0.1) is 17.0 Å². The maximum atomic E-state index is 14.2. The number of allylic oxidation sites excluding steroid dienone is 1. The van der Waals surface area contributed by atoms with Crippen molar-refractivity contribution in [3.8, 4) is 0 Å². The van der Waals surface area contributed by atoms with Crippen molar-refractivity contribution in [3.05, 3.63) is 76.4 Å². The van der Waals surface area contributed by atoms with E-state index in [4.69, 9.17) is 0 Å². The Balaban J connectivity index is 1.65. The van der Waals surface area contributed by atoms with Crippen molar-refractivity contribution in [2.45, 2.75) is 67.3 Å². The molecule has 2 aromatic carbocycles. The van der Waals surface area contributed by atoms with E-state index < -0.39 is 26.7 Å². The number of carbonyl (C=O) groups is 1. The molecule has 154 valence electrons. The van der Waals surface area contributed by atoms with Crippen molar-refractivity contribution in [2.75, 3.05) is 0 Å². The summed E-state index contributed by atoms with van der Waals surface area (Å²) in [7, 11) is -3.87. The first-order valence-corrected chi connectivity index (χ1v) is 12.3. The summed E-state index contributed by atoms with van der Waals surface area (Å²) in [4.78, 5) is 16.6. The van der Waals surface area contributed by atoms with E-state index in [0.29, 0.717) is 6.42 Å². The number of carbonyl (C=O) groups excluding carboxylic acids is 1. The number of nitrogens with zero attached hydrogens (tertiary/aromatic N) is 1. The van der Waals surface area contributed by atoms with Crippen LogP contribution in [0.4, 0.5) is 0 Å². The summed E-state index contributed by atoms with van der Waals surface area (Å²) in [6.07, 6.45) is 3.43. The van der Waals surface area contributed by atoms with E-state index in [1.807, 2.05) is 43.3 Å². The highest BCUT2D eigenvalue weighted by molar-refractivity contribution is 7.93. The molecule has 3 heterocycles. The minimum Gasteiger partial charge on any atom is -0.296 e. The molecule has 0 saturated carbocycles. The minimum absolute atomic E-state index is 0.124. The van der Waals surface area contributed by atoms with Crippen LogP contribution in [0.15, 0.2) is 64.6 Å². The molecule has 2 fully saturated rings. The molecule has 4 bridgehead atoms. The van der Waals surface area contributed by atoms with E-state index in [1.54, 1.807) is 12.1 Å². The summed E-state index contributed by atoms with van der Waals surface area (Å²) in [5, 5.41) is 0. The molecule has 1 aliphatic carbocycles. The van der Waals surface area contributed by atoms with Crippen molar-refractivity contribution < 1.29 is 13.2 Å². The second kappa shape index (κ2) is 5.92. The minimum atomic E-state index is -3.87. The monoisotopic (exact) mass is 419 g/mol. The second-order valence-electron chi connectivity index (χ2n) is 9.34. The van der Waals surface area contributed by atoms with E-state index in [0.717, 1.165) is 36.0 Å². The molecule has 2 saturated heterocycles. The van der Waals surface area contributed by atoms with Crippen molar-refractivity contribution in [1.82, 2.24) is 4.90 Å². The summed E-state index contributed by atoms with van der Waals surface area (Å²) < 4.78 is 27.0. The molecular weight excluding hydrogens is 394 g/mol. The molecule has 2 aromatic rings. The number of benzene rings is 2. The summed E-state index contributed by atoms with van der Waals surface area (Å²) >= 11 is 0. The van der Waals surface area contributed by atoms with Crippen LogP contribution in [-0.2, 0) is 14.6 Å². The van der Waals surface area contributed by atoms with Crippen molar-refractivity contribution in [2.24, 2.45) is 0 Å². The first-order chi connectivity index (χ1) is 14.4. The maximum Gasteiger partial charge on any atom is 0.193 e. The smallest absolute Gasteiger partial charge is 0.193 e. The zero-order chi connectivity index (χ0) is 20.8. The Morgan fingerprint density at radius 3 is 2.43 bits per heavy atom. The third-order valence-electron chi connectivity index (χ3n) is 7.89. The maximum absolute atomic E-state index is 14.2. The zero-order valence-electron chi connectivity index (χ0n) is 17.3. The molecule has 4 nitrogen and oxygen atoms in total. The number of ketones is 1. The molecule has 30 heavy (non-hydrogen) atoms. The third kappa shape index (κ3) is 2.00. The average molecular weight is 420 g/mol. The summed E-state index contributed by atoms with van der Waals surface area (Å²) in [5.41, 5.74) is 5.51. The highest BCUT2D eigenvalue weighted by Crippen LogP contribution is 2.66. The van der Waals surface area contributed by atoms with E-state index in [1.165, 1.54) is 11.1 Å². The van der Waals surface area contributed by atoms with Gasteiger partial charge in [0.1, 0.15) is 0 Å². The Kier molecular flexibility index (Phi) is 3.66. The highest BCUT2D eigenvalue weighted by atomic mass is 32.2. The van der Waals surface area contributed by atoms with Gasteiger partial charge in [-0.15, -0.1) is 0 Å². The summed E-state index contributed by atoms with van der Waals surface area (Å²) in [5.74, 6) is -0.124.